The van der Waals surface area contributed by atoms with Gasteiger partial charge in [-0.1, -0.05) is 0 Å². The molecule has 0 aliphatic carbocycles. The first kappa shape index (κ1) is 22.5. The third-order valence-electron chi connectivity index (χ3n) is 5.79. The summed E-state index contributed by atoms with van der Waals surface area (Å²) in [5.41, 5.74) is 0. The summed E-state index contributed by atoms with van der Waals surface area (Å²) >= 11 is 0. The summed E-state index contributed by atoms with van der Waals surface area (Å²) in [6, 6.07) is 0.281. The summed E-state index contributed by atoms with van der Waals surface area (Å²) in [6.45, 7) is 14.2. The first-order valence-corrected chi connectivity index (χ1v) is 9.30. The van der Waals surface area contributed by atoms with Crippen LogP contribution in [-0.2, 0) is 37.5 Å². The van der Waals surface area contributed by atoms with Gasteiger partial charge in [-0.25, -0.2) is 0 Å². The second kappa shape index (κ2) is 10.6. The fraction of sp³-hybridized carbons (Fsp3) is 0.944. The van der Waals surface area contributed by atoms with Gasteiger partial charge in [-0.15, -0.1) is 0 Å². The van der Waals surface area contributed by atoms with E-state index in [4.69, 9.17) is 0 Å². The van der Waals surface area contributed by atoms with Crippen LogP contribution in [-0.4, -0.2) is 97.5 Å². The zero-order valence-electron chi connectivity index (χ0n) is 16.4. The zero-order chi connectivity index (χ0) is 17.0. The Hall–Kier alpha value is 0.454. The molecule has 2 rings (SSSR count). The first-order valence-electron chi connectivity index (χ1n) is 9.30. The Labute approximate surface area is 174 Å². The van der Waals surface area contributed by atoms with Crippen LogP contribution >= 0.6 is 0 Å². The van der Waals surface area contributed by atoms with Crippen LogP contribution in [0.5, 0.6) is 0 Å². The standard InChI is InChI=1S/C18H36N4O.Y/c1-15(2)20(5)18(23)16(3)22-12-10-21(11-13-22)14-17-6-8-19(4)9-7-17;/h15-17H,6-14H2,1-5H3;/t16-;/m0./s1. The van der Waals surface area contributed by atoms with Crippen LogP contribution in [0.2, 0.25) is 0 Å². The smallest absolute Gasteiger partial charge is 0.239 e. The van der Waals surface area contributed by atoms with Gasteiger partial charge in [0.15, 0.2) is 0 Å². The fourth-order valence-corrected chi connectivity index (χ4v) is 3.65. The molecule has 137 valence electrons. The summed E-state index contributed by atoms with van der Waals surface area (Å²) in [5.74, 6) is 1.12. The van der Waals surface area contributed by atoms with E-state index in [1.54, 1.807) is 0 Å². The molecule has 0 unspecified atom stereocenters. The topological polar surface area (TPSA) is 30.0 Å². The molecule has 0 aromatic heterocycles. The molecule has 0 aromatic carbocycles. The number of carbonyl (C=O) groups is 1. The van der Waals surface area contributed by atoms with Crippen molar-refractivity contribution in [2.24, 2.45) is 5.92 Å². The molecule has 6 heteroatoms. The molecular formula is C18H36N4OY. The van der Waals surface area contributed by atoms with Gasteiger partial charge in [0.05, 0.1) is 6.04 Å². The van der Waals surface area contributed by atoms with Crippen molar-refractivity contribution >= 4 is 5.91 Å². The number of likely N-dealkylation sites (N-methyl/N-ethyl adjacent to an activating group) is 1. The van der Waals surface area contributed by atoms with Gasteiger partial charge >= 0.3 is 0 Å². The van der Waals surface area contributed by atoms with Crippen LogP contribution in [0.1, 0.15) is 33.6 Å². The molecule has 0 N–H and O–H groups in total. The fourth-order valence-electron chi connectivity index (χ4n) is 3.65. The van der Waals surface area contributed by atoms with Crippen molar-refractivity contribution < 1.29 is 37.5 Å². The third kappa shape index (κ3) is 6.32. The van der Waals surface area contributed by atoms with Gasteiger partial charge < -0.3 is 14.7 Å². The molecule has 0 spiro atoms. The van der Waals surface area contributed by atoms with Crippen molar-refractivity contribution in [1.82, 2.24) is 19.6 Å². The molecule has 1 radical (unpaired) electrons. The Balaban J connectivity index is 0.00000288. The van der Waals surface area contributed by atoms with E-state index in [-0.39, 0.29) is 50.7 Å². The molecule has 24 heavy (non-hydrogen) atoms. The maximum atomic E-state index is 12.5. The number of rotatable bonds is 5. The van der Waals surface area contributed by atoms with Crippen molar-refractivity contribution in [3.63, 3.8) is 0 Å². The predicted octanol–water partition coefficient (Wildman–Crippen LogP) is 1.20. The molecule has 5 nitrogen and oxygen atoms in total. The van der Waals surface area contributed by atoms with Crippen molar-refractivity contribution in [2.75, 3.05) is 59.9 Å². The van der Waals surface area contributed by atoms with E-state index in [0.717, 1.165) is 32.1 Å². The molecule has 2 fully saturated rings. The van der Waals surface area contributed by atoms with E-state index < -0.39 is 0 Å². The SMILES string of the molecule is CC(C)N(C)C(=O)[C@H](C)N1CCN(CC2CCN(C)CC2)CC1.[Y]. The van der Waals surface area contributed by atoms with Gasteiger partial charge in [-0.2, -0.15) is 0 Å². The predicted molar refractivity (Wildman–Crippen MR) is 95.6 cm³/mol. The number of likely N-dealkylation sites (tertiary alicyclic amines) is 1. The molecule has 1 atom stereocenters. The second-order valence-corrected chi connectivity index (χ2v) is 7.80. The zero-order valence-corrected chi connectivity index (χ0v) is 19.2. The van der Waals surface area contributed by atoms with Crippen LogP contribution in [0, 0.1) is 5.92 Å². The van der Waals surface area contributed by atoms with E-state index in [0.29, 0.717) is 0 Å². The number of nitrogens with zero attached hydrogens (tertiary/aromatic N) is 4. The Morgan fingerprint density at radius 2 is 1.58 bits per heavy atom. The number of carbonyl (C=O) groups excluding carboxylic acids is 1. The minimum Gasteiger partial charge on any atom is -0.342 e. The average molecular weight is 413 g/mol. The van der Waals surface area contributed by atoms with Gasteiger partial charge in [-0.05, 0) is 59.7 Å². The maximum Gasteiger partial charge on any atom is 0.239 e. The van der Waals surface area contributed by atoms with E-state index >= 15 is 0 Å². The minimum atomic E-state index is 0. The van der Waals surface area contributed by atoms with E-state index in [2.05, 4.69) is 42.5 Å². The van der Waals surface area contributed by atoms with Crippen LogP contribution in [0.15, 0.2) is 0 Å². The maximum absolute atomic E-state index is 12.5. The van der Waals surface area contributed by atoms with Crippen LogP contribution in [0.4, 0.5) is 0 Å². The van der Waals surface area contributed by atoms with E-state index in [1.807, 2.05) is 11.9 Å². The van der Waals surface area contributed by atoms with Crippen molar-refractivity contribution in [3.8, 4) is 0 Å². The quantitative estimate of drug-likeness (QED) is 0.678. The largest absolute Gasteiger partial charge is 0.342 e. The van der Waals surface area contributed by atoms with Crippen molar-refractivity contribution in [2.45, 2.75) is 45.7 Å². The first-order chi connectivity index (χ1) is 10.9. The molecule has 0 saturated carbocycles. The van der Waals surface area contributed by atoms with Gasteiger partial charge in [0.25, 0.3) is 0 Å². The molecule has 0 aromatic rings. The van der Waals surface area contributed by atoms with Crippen molar-refractivity contribution in [1.29, 1.82) is 0 Å². The molecule has 2 saturated heterocycles. The average Bonchev–Trinajstić information content (AvgIpc) is 2.55. The number of piperazine rings is 1. The second-order valence-electron chi connectivity index (χ2n) is 7.80. The number of amides is 1. The number of hydrogen-bond donors (Lipinski definition) is 0. The Kier molecular flexibility index (Phi) is 9.90. The summed E-state index contributed by atoms with van der Waals surface area (Å²) in [7, 11) is 4.14. The van der Waals surface area contributed by atoms with Crippen LogP contribution in [0.3, 0.4) is 0 Å². The Morgan fingerprint density at radius 3 is 2.08 bits per heavy atom. The molecular weight excluding hydrogens is 377 g/mol. The van der Waals surface area contributed by atoms with E-state index in [9.17, 15) is 4.79 Å². The van der Waals surface area contributed by atoms with Gasteiger partial charge in [0, 0.05) is 78.5 Å². The Bertz CT molecular complexity index is 377. The van der Waals surface area contributed by atoms with Crippen molar-refractivity contribution in [3.05, 3.63) is 0 Å². The third-order valence-corrected chi connectivity index (χ3v) is 5.79. The molecule has 1 amide bonds. The molecule has 2 aliphatic rings. The molecule has 0 bridgehead atoms. The molecule has 2 aliphatic heterocycles. The number of hydrogen-bond acceptors (Lipinski definition) is 4. The Morgan fingerprint density at radius 1 is 1.04 bits per heavy atom. The molecule has 2 heterocycles. The van der Waals surface area contributed by atoms with Gasteiger partial charge in [0.1, 0.15) is 0 Å². The summed E-state index contributed by atoms with van der Waals surface area (Å²) in [5, 5.41) is 0. The summed E-state index contributed by atoms with van der Waals surface area (Å²) < 4.78 is 0. The van der Waals surface area contributed by atoms with E-state index in [1.165, 1.54) is 32.5 Å². The van der Waals surface area contributed by atoms with Crippen LogP contribution < -0.4 is 0 Å². The summed E-state index contributed by atoms with van der Waals surface area (Å²) in [6.07, 6.45) is 2.68. The number of piperidine rings is 1. The van der Waals surface area contributed by atoms with Gasteiger partial charge in [-0.3, -0.25) is 9.69 Å². The van der Waals surface area contributed by atoms with Crippen LogP contribution in [0.25, 0.3) is 0 Å². The minimum absolute atomic E-state index is 0. The normalized spacial score (nSPS) is 23.1. The van der Waals surface area contributed by atoms with Gasteiger partial charge in [0.2, 0.25) is 5.91 Å². The summed E-state index contributed by atoms with van der Waals surface area (Å²) in [4.78, 5) is 21.7. The monoisotopic (exact) mass is 413 g/mol.